The molecule has 2 heterocycles. The molecule has 0 aromatic carbocycles. The first-order chi connectivity index (χ1) is 10.1. The van der Waals surface area contributed by atoms with E-state index in [1.165, 1.54) is 25.9 Å². The van der Waals surface area contributed by atoms with E-state index in [1.54, 1.807) is 25.2 Å². The van der Waals surface area contributed by atoms with Crippen molar-refractivity contribution in [3.05, 3.63) is 23.9 Å². The number of pyridine rings is 1. The molecule has 1 N–H and O–H groups in total. The van der Waals surface area contributed by atoms with E-state index in [-0.39, 0.29) is 5.91 Å². The first-order valence-electron chi connectivity index (χ1n) is 7.74. The smallest absolute Gasteiger partial charge is 0.254 e. The maximum Gasteiger partial charge on any atom is 0.254 e. The second-order valence-electron chi connectivity index (χ2n) is 5.89. The van der Waals surface area contributed by atoms with Gasteiger partial charge in [0.1, 0.15) is 5.82 Å². The molecule has 1 amide bonds. The third kappa shape index (κ3) is 4.43. The molecule has 5 heteroatoms. The lowest BCUT2D eigenvalue weighted by atomic mass is 9.97. The maximum atomic E-state index is 11.8. The Balaban J connectivity index is 1.80. The minimum atomic E-state index is -0.0130. The summed E-state index contributed by atoms with van der Waals surface area (Å²) in [6, 6.07) is 3.72. The molecule has 1 aromatic rings. The third-order valence-electron chi connectivity index (χ3n) is 4.14. The SMILES string of the molecule is CCN1CCC(CNc2ccc(C(=O)N(C)C)cn2)CC1. The van der Waals surface area contributed by atoms with E-state index in [2.05, 4.69) is 22.1 Å². The van der Waals surface area contributed by atoms with E-state index in [0.29, 0.717) is 5.56 Å². The van der Waals surface area contributed by atoms with Crippen LogP contribution < -0.4 is 5.32 Å². The van der Waals surface area contributed by atoms with Crippen LogP contribution in [0.15, 0.2) is 18.3 Å². The molecule has 1 saturated heterocycles. The minimum Gasteiger partial charge on any atom is -0.370 e. The Labute approximate surface area is 127 Å². The zero-order valence-electron chi connectivity index (χ0n) is 13.3. The lowest BCUT2D eigenvalue weighted by Crippen LogP contribution is -2.35. The van der Waals surface area contributed by atoms with Crippen LogP contribution in [0.1, 0.15) is 30.1 Å². The van der Waals surface area contributed by atoms with E-state index in [9.17, 15) is 4.79 Å². The number of anilines is 1. The normalized spacial score (nSPS) is 16.7. The number of aromatic nitrogens is 1. The van der Waals surface area contributed by atoms with Crippen LogP contribution in [0.25, 0.3) is 0 Å². The van der Waals surface area contributed by atoms with E-state index < -0.39 is 0 Å². The average molecular weight is 290 g/mol. The van der Waals surface area contributed by atoms with Crippen molar-refractivity contribution in [1.82, 2.24) is 14.8 Å². The molecule has 2 rings (SSSR count). The fraction of sp³-hybridized carbons (Fsp3) is 0.625. The first kappa shape index (κ1) is 15.8. The van der Waals surface area contributed by atoms with Gasteiger partial charge in [-0.15, -0.1) is 0 Å². The van der Waals surface area contributed by atoms with Crippen LogP contribution in [0.2, 0.25) is 0 Å². The van der Waals surface area contributed by atoms with Crippen molar-refractivity contribution in [3.63, 3.8) is 0 Å². The molecule has 5 nitrogen and oxygen atoms in total. The monoisotopic (exact) mass is 290 g/mol. The number of carbonyl (C=O) groups excluding carboxylic acids is 1. The number of nitrogens with zero attached hydrogens (tertiary/aromatic N) is 3. The molecule has 0 spiro atoms. The number of rotatable bonds is 5. The fourth-order valence-corrected chi connectivity index (χ4v) is 2.64. The van der Waals surface area contributed by atoms with Gasteiger partial charge in [-0.05, 0) is 50.5 Å². The second-order valence-corrected chi connectivity index (χ2v) is 5.89. The van der Waals surface area contributed by atoms with Crippen LogP contribution in [0, 0.1) is 5.92 Å². The molecule has 1 aliphatic heterocycles. The Hall–Kier alpha value is -1.62. The van der Waals surface area contributed by atoms with Crippen LogP contribution >= 0.6 is 0 Å². The van der Waals surface area contributed by atoms with Gasteiger partial charge in [0, 0.05) is 26.8 Å². The molecule has 0 unspecified atom stereocenters. The molecular weight excluding hydrogens is 264 g/mol. The number of nitrogens with one attached hydrogen (secondary N) is 1. The van der Waals surface area contributed by atoms with Crippen molar-refractivity contribution in [2.75, 3.05) is 45.6 Å². The highest BCUT2D eigenvalue weighted by Gasteiger charge is 2.17. The summed E-state index contributed by atoms with van der Waals surface area (Å²) in [5.41, 5.74) is 0.627. The zero-order valence-corrected chi connectivity index (χ0v) is 13.3. The molecule has 0 saturated carbocycles. The number of hydrogen-bond donors (Lipinski definition) is 1. The number of amides is 1. The summed E-state index contributed by atoms with van der Waals surface area (Å²) >= 11 is 0. The molecule has 0 bridgehead atoms. The standard InChI is InChI=1S/C16H26N4O/c1-4-20-9-7-13(8-10-20)11-17-15-6-5-14(12-18-15)16(21)19(2)3/h5-6,12-13H,4,7-11H2,1-3H3,(H,17,18). The topological polar surface area (TPSA) is 48.5 Å². The Morgan fingerprint density at radius 1 is 1.38 bits per heavy atom. The van der Waals surface area contributed by atoms with Gasteiger partial charge in [-0.1, -0.05) is 6.92 Å². The summed E-state index contributed by atoms with van der Waals surface area (Å²) in [4.78, 5) is 20.2. The van der Waals surface area contributed by atoms with Crippen molar-refractivity contribution >= 4 is 11.7 Å². The predicted octanol–water partition coefficient (Wildman–Crippen LogP) is 1.93. The largest absolute Gasteiger partial charge is 0.370 e. The molecule has 0 atom stereocenters. The molecule has 1 aliphatic rings. The molecule has 0 aliphatic carbocycles. The highest BCUT2D eigenvalue weighted by atomic mass is 16.2. The number of carbonyl (C=O) groups is 1. The highest BCUT2D eigenvalue weighted by Crippen LogP contribution is 2.17. The van der Waals surface area contributed by atoms with E-state index in [4.69, 9.17) is 0 Å². The van der Waals surface area contributed by atoms with Crippen molar-refractivity contribution in [3.8, 4) is 0 Å². The Bertz CT molecular complexity index is 450. The van der Waals surface area contributed by atoms with Crippen molar-refractivity contribution in [2.45, 2.75) is 19.8 Å². The quantitative estimate of drug-likeness (QED) is 0.900. The molecule has 21 heavy (non-hydrogen) atoms. The lowest BCUT2D eigenvalue weighted by molar-refractivity contribution is 0.0827. The Morgan fingerprint density at radius 3 is 2.62 bits per heavy atom. The van der Waals surface area contributed by atoms with Gasteiger partial charge in [0.05, 0.1) is 5.56 Å². The van der Waals surface area contributed by atoms with E-state index >= 15 is 0 Å². The van der Waals surface area contributed by atoms with Gasteiger partial charge in [0.15, 0.2) is 0 Å². The molecule has 1 aromatic heterocycles. The second kappa shape index (κ2) is 7.41. The Kier molecular flexibility index (Phi) is 5.56. The van der Waals surface area contributed by atoms with Gasteiger partial charge in [0.25, 0.3) is 5.91 Å². The zero-order chi connectivity index (χ0) is 15.2. The van der Waals surface area contributed by atoms with Gasteiger partial charge in [0.2, 0.25) is 0 Å². The molecule has 116 valence electrons. The van der Waals surface area contributed by atoms with E-state index in [0.717, 1.165) is 24.8 Å². The Morgan fingerprint density at radius 2 is 2.10 bits per heavy atom. The summed E-state index contributed by atoms with van der Waals surface area (Å²) in [5, 5.41) is 3.39. The summed E-state index contributed by atoms with van der Waals surface area (Å²) < 4.78 is 0. The third-order valence-corrected chi connectivity index (χ3v) is 4.14. The predicted molar refractivity (Wildman–Crippen MR) is 85.6 cm³/mol. The van der Waals surface area contributed by atoms with Gasteiger partial charge in [-0.2, -0.15) is 0 Å². The van der Waals surface area contributed by atoms with Gasteiger partial charge < -0.3 is 15.1 Å². The summed E-state index contributed by atoms with van der Waals surface area (Å²) in [6.07, 6.45) is 4.14. The van der Waals surface area contributed by atoms with Crippen LogP contribution in [0.4, 0.5) is 5.82 Å². The highest BCUT2D eigenvalue weighted by molar-refractivity contribution is 5.93. The van der Waals surface area contributed by atoms with Crippen molar-refractivity contribution in [2.24, 2.45) is 5.92 Å². The number of hydrogen-bond acceptors (Lipinski definition) is 4. The van der Waals surface area contributed by atoms with Crippen LogP contribution in [0.5, 0.6) is 0 Å². The van der Waals surface area contributed by atoms with Crippen molar-refractivity contribution in [1.29, 1.82) is 0 Å². The van der Waals surface area contributed by atoms with Crippen LogP contribution in [-0.2, 0) is 0 Å². The summed E-state index contributed by atoms with van der Waals surface area (Å²) in [6.45, 7) is 6.74. The van der Waals surface area contributed by atoms with Crippen molar-refractivity contribution < 1.29 is 4.79 Å². The number of piperidine rings is 1. The first-order valence-corrected chi connectivity index (χ1v) is 7.74. The van der Waals surface area contributed by atoms with Crippen LogP contribution in [-0.4, -0.2) is 61.0 Å². The fourth-order valence-electron chi connectivity index (χ4n) is 2.64. The van der Waals surface area contributed by atoms with Gasteiger partial charge in [-0.3, -0.25) is 4.79 Å². The lowest BCUT2D eigenvalue weighted by Gasteiger charge is -2.31. The molecule has 1 fully saturated rings. The van der Waals surface area contributed by atoms with Crippen LogP contribution in [0.3, 0.4) is 0 Å². The summed E-state index contributed by atoms with van der Waals surface area (Å²) in [5.74, 6) is 1.56. The summed E-state index contributed by atoms with van der Waals surface area (Å²) in [7, 11) is 3.49. The molecular formula is C16H26N4O. The van der Waals surface area contributed by atoms with Gasteiger partial charge >= 0.3 is 0 Å². The average Bonchev–Trinajstić information content (AvgIpc) is 2.53. The van der Waals surface area contributed by atoms with E-state index in [1.807, 2.05) is 12.1 Å². The van der Waals surface area contributed by atoms with Gasteiger partial charge in [-0.25, -0.2) is 4.98 Å². The molecule has 0 radical (unpaired) electrons. The maximum absolute atomic E-state index is 11.8. The minimum absolute atomic E-state index is 0.0130. The number of likely N-dealkylation sites (tertiary alicyclic amines) is 1.